The second-order valence-electron chi connectivity index (χ2n) is 29.6. The van der Waals surface area contributed by atoms with Crippen LogP contribution in [0.2, 0.25) is 10.0 Å². The molecular weight excluding hydrogens is 1520 g/mol. The minimum absolute atomic E-state index is 0.0326. The molecule has 35 heteroatoms. The van der Waals surface area contributed by atoms with Gasteiger partial charge < -0.3 is 122 Å². The molecule has 5 aromatic carbocycles. The molecule has 0 aliphatic carbocycles. The Labute approximate surface area is 658 Å². The first-order chi connectivity index (χ1) is 53.5. The van der Waals surface area contributed by atoms with E-state index >= 15 is 19.2 Å². The summed E-state index contributed by atoms with van der Waals surface area (Å²) < 4.78 is 44.9. The van der Waals surface area contributed by atoms with Gasteiger partial charge in [0.2, 0.25) is 41.6 Å². The Morgan fingerprint density at radius 2 is 1.38 bits per heavy atom. The minimum atomic E-state index is -2.27. The van der Waals surface area contributed by atoms with Crippen molar-refractivity contribution in [3.8, 4) is 57.1 Å². The first-order valence-electron chi connectivity index (χ1n) is 37.1. The maximum atomic E-state index is 16.3. The number of carboxylic acids is 2. The van der Waals surface area contributed by atoms with Gasteiger partial charge in [0.05, 0.1) is 40.7 Å². The number of carbonyl (C=O) groups excluding carboxylic acids is 7. The largest absolute Gasteiger partial charge is 0.508 e. The van der Waals surface area contributed by atoms with Crippen molar-refractivity contribution in [2.75, 3.05) is 19.8 Å². The van der Waals surface area contributed by atoms with E-state index in [9.17, 15) is 80.1 Å². The van der Waals surface area contributed by atoms with Crippen LogP contribution in [0.3, 0.4) is 0 Å². The van der Waals surface area contributed by atoms with E-state index in [0.29, 0.717) is 12.8 Å². The summed E-state index contributed by atoms with van der Waals surface area (Å²) in [6.07, 6.45) is -19.0. The Morgan fingerprint density at radius 1 is 0.726 bits per heavy atom. The number of carbonyl (C=O) groups is 9. The normalized spacial score (nSPS) is 28.0. The van der Waals surface area contributed by atoms with Gasteiger partial charge in [-0.2, -0.15) is 0 Å². The molecule has 113 heavy (non-hydrogen) atoms. The summed E-state index contributed by atoms with van der Waals surface area (Å²) in [7, 11) is 0. The Balaban J connectivity index is 1.20. The molecule has 12 unspecified atom stereocenters. The van der Waals surface area contributed by atoms with E-state index in [1.54, 1.807) is 13.8 Å². The Kier molecular flexibility index (Phi) is 28.1. The van der Waals surface area contributed by atoms with Gasteiger partial charge in [0, 0.05) is 73.0 Å². The summed E-state index contributed by atoms with van der Waals surface area (Å²) in [4.78, 5) is 131. The number of amides is 5. The van der Waals surface area contributed by atoms with Crippen LogP contribution in [0.25, 0.3) is 11.1 Å². The number of halogens is 2. The average Bonchev–Trinajstić information content (AvgIpc) is 0.769. The van der Waals surface area contributed by atoms with Gasteiger partial charge >= 0.3 is 11.9 Å². The Hall–Kier alpha value is -9.33. The number of nitrogens with two attached hydrogens (primary N) is 1. The third-order valence-corrected chi connectivity index (χ3v) is 21.4. The van der Waals surface area contributed by atoms with E-state index in [2.05, 4.69) is 26.6 Å². The fourth-order valence-electron chi connectivity index (χ4n) is 14.7. The molecule has 5 amide bonds. The highest BCUT2D eigenvalue weighted by Gasteiger charge is 2.53. The lowest BCUT2D eigenvalue weighted by Crippen LogP contribution is -2.66. The number of ketones is 2. The third kappa shape index (κ3) is 19.7. The lowest BCUT2D eigenvalue weighted by Gasteiger charge is -2.48. The van der Waals surface area contributed by atoms with E-state index in [1.165, 1.54) is 25.1 Å². The number of phenols is 3. The average molecular weight is 1620 g/mol. The van der Waals surface area contributed by atoms with Crippen LogP contribution in [0.1, 0.15) is 164 Å². The van der Waals surface area contributed by atoms with Crippen molar-refractivity contribution in [1.29, 1.82) is 0 Å². The molecule has 0 aromatic heterocycles. The van der Waals surface area contributed by atoms with Gasteiger partial charge in [0.15, 0.2) is 47.6 Å². The fourth-order valence-corrected chi connectivity index (χ4v) is 15.1. The number of aliphatic carboxylic acids is 2. The highest BCUT2D eigenvalue weighted by molar-refractivity contribution is 6.32. The van der Waals surface area contributed by atoms with Crippen LogP contribution in [-0.4, -0.2) is 202 Å². The number of phenolic OH excluding ortho intramolecular Hbond substituents is 3. The number of Topliss-reactive ketones (excluding diaryl/α,β-unsaturated/α-hetero) is 2. The maximum absolute atomic E-state index is 16.3. The molecule has 33 nitrogen and oxygen atoms in total. The van der Waals surface area contributed by atoms with Crippen molar-refractivity contribution in [3.63, 3.8) is 0 Å². The molecule has 0 saturated carbocycles. The zero-order valence-electron chi connectivity index (χ0n) is 62.5. The van der Waals surface area contributed by atoms with Crippen molar-refractivity contribution in [2.45, 2.75) is 209 Å². The van der Waals surface area contributed by atoms with Crippen LogP contribution >= 0.6 is 23.2 Å². The predicted molar refractivity (Wildman–Crippen MR) is 398 cm³/mol. The van der Waals surface area contributed by atoms with Gasteiger partial charge in [-0.15, -0.1) is 0 Å². The van der Waals surface area contributed by atoms with Crippen molar-refractivity contribution in [3.05, 3.63) is 117 Å². The molecule has 7 aliphatic rings. The van der Waals surface area contributed by atoms with Gasteiger partial charge in [-0.1, -0.05) is 88.4 Å². The van der Waals surface area contributed by atoms with Gasteiger partial charge in [-0.05, 0) is 116 Å². The number of aliphatic hydroxyl groups excluding tert-OH is 6. The van der Waals surface area contributed by atoms with Gasteiger partial charge in [-0.25, -0.2) is 9.59 Å². The molecule has 5 aromatic rings. The molecule has 0 radical (unpaired) electrons. The minimum Gasteiger partial charge on any atom is -0.508 e. The van der Waals surface area contributed by atoms with E-state index in [1.807, 2.05) is 20.8 Å². The SMILES string of the molecule is CCCCCCOC(CNC1(C)CC(OC2C(Oc3c4cc5cc3Oc3ccc(cc3Cl)[C@@H](O)[C@@H]3NC(=O)C(CC(=O)[C@@H]5NC(=O)[C@H](CC(N)=O)CC(=O)C(NC(=O)[C@H](CC)CC(C)C)[C@H](O)c5ccc(c(Cl)c5)O4)c4ccc(O)c(c4)-c4c(O)cc(O)cc4[C@H](C(=O)O)NC3=O)OC(CO)C(O)C2O)OC(C)C1O)C(=O)O. The summed E-state index contributed by atoms with van der Waals surface area (Å²) in [5.41, 5.74) is 1.83. The number of ether oxygens (including phenoxy) is 7. The molecule has 2 saturated heterocycles. The first-order valence-corrected chi connectivity index (χ1v) is 37.8. The quantitative estimate of drug-likeness (QED) is 0.0374. The van der Waals surface area contributed by atoms with Gasteiger partial charge in [-0.3, -0.25) is 33.6 Å². The molecule has 19 atom stereocenters. The zero-order chi connectivity index (χ0) is 82.4. The summed E-state index contributed by atoms with van der Waals surface area (Å²) in [6, 6.07) is 5.39. The number of rotatable bonds is 23. The van der Waals surface area contributed by atoms with Crippen LogP contribution in [0, 0.1) is 17.8 Å². The summed E-state index contributed by atoms with van der Waals surface area (Å²) in [6.45, 7) is 9.32. The van der Waals surface area contributed by atoms with Crippen LogP contribution in [0.15, 0.2) is 78.9 Å². The van der Waals surface area contributed by atoms with Crippen molar-refractivity contribution < 1.29 is 132 Å². The number of fused-ring (bicyclic) bond motifs is 15. The Morgan fingerprint density at radius 3 is 1.98 bits per heavy atom. The second-order valence-corrected chi connectivity index (χ2v) is 30.4. The van der Waals surface area contributed by atoms with Gasteiger partial charge in [0.25, 0.3) is 0 Å². The van der Waals surface area contributed by atoms with Crippen LogP contribution in [0.4, 0.5) is 0 Å². The lowest BCUT2D eigenvalue weighted by molar-refractivity contribution is -0.334. The maximum Gasteiger partial charge on any atom is 0.334 e. The summed E-state index contributed by atoms with van der Waals surface area (Å²) >= 11 is 14.3. The number of primary amides is 1. The highest BCUT2D eigenvalue weighted by atomic mass is 35.5. The number of unbranched alkanes of at least 4 members (excludes halogenated alkanes) is 3. The van der Waals surface area contributed by atoms with Crippen molar-refractivity contribution in [2.24, 2.45) is 23.5 Å². The molecule has 18 N–H and O–H groups in total. The van der Waals surface area contributed by atoms with E-state index in [0.717, 1.165) is 79.9 Å². The van der Waals surface area contributed by atoms with Crippen LogP contribution < -0.4 is 46.5 Å². The number of hydrogen-bond acceptors (Lipinski definition) is 26. The molecule has 12 rings (SSSR count). The lowest BCUT2D eigenvalue weighted by atomic mass is 9.84. The molecule has 0 spiro atoms. The molecule has 11 bridgehead atoms. The summed E-state index contributed by atoms with van der Waals surface area (Å²) in [5.74, 6) is -20.7. The fraction of sp³-hybridized carbons (Fsp3) is 0.500. The van der Waals surface area contributed by atoms with Crippen LogP contribution in [0.5, 0.6) is 46.0 Å². The number of aromatic hydroxyl groups is 3. The summed E-state index contributed by atoms with van der Waals surface area (Å²) in [5, 5.41) is 139. The molecule has 7 aliphatic heterocycles. The topological polar surface area (TPSA) is 527 Å². The molecular formula is C78H94Cl2N6O27. The number of aliphatic hydroxyl groups is 6. The monoisotopic (exact) mass is 1620 g/mol. The predicted octanol–water partition coefficient (Wildman–Crippen LogP) is 5.20. The second kappa shape index (κ2) is 36.9. The van der Waals surface area contributed by atoms with E-state index < -0.39 is 261 Å². The third-order valence-electron chi connectivity index (χ3n) is 20.9. The standard InChI is InChI=1S/C78H94Cl2N6O27/c1-7-9-10-11-18-107-55(75(103)104)31-82-78(6)30-58(108-34(5)70(78)98)112-69-67(97)66(96)56(32-87)111-77(69)113-68-53-24-39-25-54(68)110-52-17-14-38(22-46(52)80)65(95)63-74(102)84-61(76(105)106)44-27-41(88)28-48(90)59(44)43-20-36(12-15-47(43)89)42(73(101)86-63)29-50(92)60(39)83-72(100)40(26-57(81)93)23-49(91)62(85-71(99)35(8-2)19-33(3)4)64(94)37-13-16-51(109-53)45(79)21-37/h12-17,20-22,24-25,27-28,33-35,40,42,55-56,58,60-67,69-70,77,82,87-90,94-98H,7-11,18-19,23,26,29-32H2,1-6H3,(H2,81,93)(H,83,100)(H,84,102)(H,85,99)(H,86,101)(H,103,104)(H,105,106)/t34?,35-,40+,42?,55?,56?,58?,60-,61-,62?,63+,64-,65-,66?,67?,69?,70?,77?,78?/m1/s1. The molecule has 2 fully saturated rings. The number of nitrogens with one attached hydrogen (secondary N) is 5. The van der Waals surface area contributed by atoms with Crippen LogP contribution in [-0.2, 0) is 62.1 Å². The molecule has 7 heterocycles. The van der Waals surface area contributed by atoms with E-state index in [-0.39, 0.29) is 59.4 Å². The van der Waals surface area contributed by atoms with Crippen molar-refractivity contribution in [1.82, 2.24) is 26.6 Å². The number of benzene rings is 5. The number of hydrogen-bond donors (Lipinski definition) is 17. The Bertz CT molecular complexity index is 4400. The van der Waals surface area contributed by atoms with E-state index in [4.69, 9.17) is 62.1 Å². The zero-order valence-corrected chi connectivity index (χ0v) is 64.0. The molecule has 612 valence electrons. The highest BCUT2D eigenvalue weighted by Crippen LogP contribution is 2.51. The number of carboxylic acid groups (broad SMARTS) is 2. The smallest absolute Gasteiger partial charge is 0.334 e. The van der Waals surface area contributed by atoms with Gasteiger partial charge in [0.1, 0.15) is 77.4 Å². The van der Waals surface area contributed by atoms with Crippen molar-refractivity contribution >= 4 is 76.2 Å². The first kappa shape index (κ1) is 86.1.